The number of hydrogen-bond donors (Lipinski definition) is 0. The van der Waals surface area contributed by atoms with Gasteiger partial charge in [-0.05, 0) is 18.6 Å². The highest BCUT2D eigenvalue weighted by Gasteiger charge is 1.93. The maximum atomic E-state index is 8.46. The van der Waals surface area contributed by atoms with Gasteiger partial charge in [0.2, 0.25) is 0 Å². The Morgan fingerprint density at radius 3 is 2.92 bits per heavy atom. The molecule has 0 aromatic carbocycles. The van der Waals surface area contributed by atoms with Crippen molar-refractivity contribution in [1.82, 2.24) is 4.98 Å². The van der Waals surface area contributed by atoms with Gasteiger partial charge < -0.3 is 4.74 Å². The highest BCUT2D eigenvalue weighted by molar-refractivity contribution is 5.22. The average molecular weight is 162 g/mol. The van der Waals surface area contributed by atoms with Gasteiger partial charge in [-0.3, -0.25) is 0 Å². The van der Waals surface area contributed by atoms with Crippen molar-refractivity contribution in [3.63, 3.8) is 0 Å². The van der Waals surface area contributed by atoms with Gasteiger partial charge in [0.15, 0.2) is 0 Å². The van der Waals surface area contributed by atoms with Crippen molar-refractivity contribution in [2.75, 3.05) is 6.61 Å². The Hall–Kier alpha value is -1.40. The second-order valence-corrected chi connectivity index (χ2v) is 2.30. The van der Waals surface area contributed by atoms with E-state index in [0.717, 1.165) is 5.56 Å². The Balaban J connectivity index is 2.60. The fourth-order valence-corrected chi connectivity index (χ4v) is 0.796. The van der Waals surface area contributed by atoms with Gasteiger partial charge in [0.25, 0.3) is 0 Å². The average Bonchev–Trinajstić information content (AvgIpc) is 2.15. The van der Waals surface area contributed by atoms with Crippen molar-refractivity contribution in [2.24, 2.45) is 0 Å². The Morgan fingerprint density at radius 1 is 1.58 bits per heavy atom. The SMILES string of the molecule is CCOCc1ccc(C#N)nc1. The summed E-state index contributed by atoms with van der Waals surface area (Å²) in [6, 6.07) is 5.50. The van der Waals surface area contributed by atoms with Crippen LogP contribution in [0, 0.1) is 11.3 Å². The third-order valence-electron chi connectivity index (χ3n) is 1.41. The lowest BCUT2D eigenvalue weighted by Crippen LogP contribution is -1.93. The van der Waals surface area contributed by atoms with E-state index < -0.39 is 0 Å². The zero-order chi connectivity index (χ0) is 8.81. The van der Waals surface area contributed by atoms with Crippen LogP contribution >= 0.6 is 0 Å². The molecule has 0 aliphatic rings. The van der Waals surface area contributed by atoms with E-state index in [4.69, 9.17) is 10.00 Å². The van der Waals surface area contributed by atoms with Crippen LogP contribution in [0.15, 0.2) is 18.3 Å². The van der Waals surface area contributed by atoms with Crippen molar-refractivity contribution in [1.29, 1.82) is 5.26 Å². The van der Waals surface area contributed by atoms with Crippen LogP contribution in [0.4, 0.5) is 0 Å². The van der Waals surface area contributed by atoms with Gasteiger partial charge >= 0.3 is 0 Å². The zero-order valence-electron chi connectivity index (χ0n) is 6.95. The van der Waals surface area contributed by atoms with Crippen molar-refractivity contribution in [2.45, 2.75) is 13.5 Å². The number of ether oxygens (including phenoxy) is 1. The second-order valence-electron chi connectivity index (χ2n) is 2.30. The Kier molecular flexibility index (Phi) is 3.24. The van der Waals surface area contributed by atoms with E-state index in [2.05, 4.69) is 4.98 Å². The van der Waals surface area contributed by atoms with E-state index in [-0.39, 0.29) is 0 Å². The largest absolute Gasteiger partial charge is 0.377 e. The Bertz CT molecular complexity index is 274. The zero-order valence-corrected chi connectivity index (χ0v) is 6.95. The molecule has 1 aromatic heterocycles. The molecule has 0 aliphatic heterocycles. The van der Waals surface area contributed by atoms with Crippen LogP contribution in [0.1, 0.15) is 18.2 Å². The topological polar surface area (TPSA) is 45.9 Å². The van der Waals surface area contributed by atoms with E-state index in [1.807, 2.05) is 19.1 Å². The fourth-order valence-electron chi connectivity index (χ4n) is 0.796. The molecule has 0 saturated heterocycles. The van der Waals surface area contributed by atoms with Gasteiger partial charge in [0.1, 0.15) is 11.8 Å². The molecule has 62 valence electrons. The first kappa shape index (κ1) is 8.69. The van der Waals surface area contributed by atoms with Gasteiger partial charge in [-0.25, -0.2) is 4.98 Å². The molecule has 12 heavy (non-hydrogen) atoms. The van der Waals surface area contributed by atoms with E-state index in [1.54, 1.807) is 12.3 Å². The molecule has 3 nitrogen and oxygen atoms in total. The monoisotopic (exact) mass is 162 g/mol. The molecule has 0 amide bonds. The number of pyridine rings is 1. The van der Waals surface area contributed by atoms with E-state index in [1.165, 1.54) is 0 Å². The lowest BCUT2D eigenvalue weighted by molar-refractivity contribution is 0.134. The van der Waals surface area contributed by atoms with Crippen LogP contribution in [0.5, 0.6) is 0 Å². The summed E-state index contributed by atoms with van der Waals surface area (Å²) in [6.07, 6.45) is 1.66. The van der Waals surface area contributed by atoms with Gasteiger partial charge in [-0.15, -0.1) is 0 Å². The van der Waals surface area contributed by atoms with Crippen molar-refractivity contribution in [3.05, 3.63) is 29.6 Å². The van der Waals surface area contributed by atoms with Crippen LogP contribution in [-0.2, 0) is 11.3 Å². The highest BCUT2D eigenvalue weighted by atomic mass is 16.5. The number of rotatable bonds is 3. The molecule has 0 unspecified atom stereocenters. The molecule has 3 heteroatoms. The minimum Gasteiger partial charge on any atom is -0.377 e. The molecule has 0 fully saturated rings. The minimum absolute atomic E-state index is 0.440. The molecular weight excluding hydrogens is 152 g/mol. The highest BCUT2D eigenvalue weighted by Crippen LogP contribution is 2.00. The third-order valence-corrected chi connectivity index (χ3v) is 1.41. The quantitative estimate of drug-likeness (QED) is 0.676. The third kappa shape index (κ3) is 2.33. The van der Waals surface area contributed by atoms with Gasteiger partial charge in [0, 0.05) is 12.8 Å². The molecule has 0 saturated carbocycles. The first-order valence-corrected chi connectivity index (χ1v) is 3.79. The molecule has 0 aliphatic carbocycles. The van der Waals surface area contributed by atoms with Gasteiger partial charge in [-0.2, -0.15) is 5.26 Å². The normalized spacial score (nSPS) is 9.33. The molecule has 0 bridgehead atoms. The summed E-state index contributed by atoms with van der Waals surface area (Å²) in [4.78, 5) is 3.91. The first-order chi connectivity index (χ1) is 5.86. The molecule has 1 aromatic rings. The Morgan fingerprint density at radius 2 is 2.42 bits per heavy atom. The summed E-state index contributed by atoms with van der Waals surface area (Å²) < 4.78 is 5.17. The van der Waals surface area contributed by atoms with Crippen molar-refractivity contribution >= 4 is 0 Å². The number of nitrogens with zero attached hydrogens (tertiary/aromatic N) is 2. The molecule has 0 atom stereocenters. The van der Waals surface area contributed by atoms with E-state index in [9.17, 15) is 0 Å². The molecule has 0 N–H and O–H groups in total. The van der Waals surface area contributed by atoms with Crippen LogP contribution < -0.4 is 0 Å². The maximum Gasteiger partial charge on any atom is 0.140 e. The minimum atomic E-state index is 0.440. The summed E-state index contributed by atoms with van der Waals surface area (Å²) >= 11 is 0. The smallest absolute Gasteiger partial charge is 0.140 e. The predicted molar refractivity (Wildman–Crippen MR) is 44.3 cm³/mol. The van der Waals surface area contributed by atoms with Gasteiger partial charge in [-0.1, -0.05) is 6.07 Å². The summed E-state index contributed by atoms with van der Waals surface area (Å²) in [6.45, 7) is 3.20. The van der Waals surface area contributed by atoms with Crippen LogP contribution in [-0.4, -0.2) is 11.6 Å². The van der Waals surface area contributed by atoms with Crippen LogP contribution in [0.25, 0.3) is 0 Å². The summed E-state index contributed by atoms with van der Waals surface area (Å²) in [5, 5.41) is 8.46. The molecule has 1 rings (SSSR count). The summed E-state index contributed by atoms with van der Waals surface area (Å²) in [7, 11) is 0. The first-order valence-electron chi connectivity index (χ1n) is 3.79. The fraction of sp³-hybridized carbons (Fsp3) is 0.333. The molecule has 1 heterocycles. The molecule has 0 spiro atoms. The molecule has 0 radical (unpaired) electrons. The van der Waals surface area contributed by atoms with Crippen LogP contribution in [0.3, 0.4) is 0 Å². The maximum absolute atomic E-state index is 8.46. The van der Waals surface area contributed by atoms with Gasteiger partial charge in [0.05, 0.1) is 6.61 Å². The van der Waals surface area contributed by atoms with E-state index >= 15 is 0 Å². The lowest BCUT2D eigenvalue weighted by atomic mass is 10.3. The number of hydrogen-bond acceptors (Lipinski definition) is 3. The second kappa shape index (κ2) is 4.47. The Labute approximate surface area is 71.6 Å². The number of aromatic nitrogens is 1. The van der Waals surface area contributed by atoms with Crippen molar-refractivity contribution in [3.8, 4) is 6.07 Å². The summed E-state index contributed by atoms with van der Waals surface area (Å²) in [5.41, 5.74) is 1.44. The van der Waals surface area contributed by atoms with E-state index in [0.29, 0.717) is 18.9 Å². The molecular formula is C9H10N2O. The summed E-state index contributed by atoms with van der Waals surface area (Å²) in [5.74, 6) is 0. The van der Waals surface area contributed by atoms with Crippen LogP contribution in [0.2, 0.25) is 0 Å². The number of nitriles is 1. The standard InChI is InChI=1S/C9H10N2O/c1-2-12-7-8-3-4-9(5-10)11-6-8/h3-4,6H,2,7H2,1H3. The lowest BCUT2D eigenvalue weighted by Gasteiger charge is -1.99. The van der Waals surface area contributed by atoms with Crippen molar-refractivity contribution < 1.29 is 4.74 Å². The predicted octanol–water partition coefficient (Wildman–Crippen LogP) is 1.49.